The zero-order chi connectivity index (χ0) is 27.4. The molecule has 38 heavy (non-hydrogen) atoms. The van der Waals surface area contributed by atoms with Gasteiger partial charge in [-0.25, -0.2) is 9.55 Å². The number of nitrogens with zero attached hydrogens (tertiary/aromatic N) is 4. The van der Waals surface area contributed by atoms with Crippen LogP contribution in [0.4, 0.5) is 11.8 Å². The molecular formula is C23H31ClN7O6P. The molecule has 2 aromatic heterocycles. The maximum absolute atomic E-state index is 13.7. The number of rotatable bonds is 11. The molecule has 1 fully saturated rings. The number of nitrogens with one attached hydrogen (secondary N) is 2. The third kappa shape index (κ3) is 6.54. The summed E-state index contributed by atoms with van der Waals surface area (Å²) in [5, 5.41) is 5.12. The molecule has 3 unspecified atom stereocenters. The van der Waals surface area contributed by atoms with E-state index in [0.29, 0.717) is 29.2 Å². The standard InChI is InChI=1S/C23H31ClN7O6P/c1-13(2)35-22(32)14(3)30-38(33,37-15-8-6-5-7-9-15)34-11-16-10-17(24)21(36-16)31-12-27-18-19(26-4)28-23(25)29-20(18)31/h5-9,12-14,16-17,21H,10-11H2,1-4H3,(H,30,33)(H3,25,26,28,29)/t14?,16-,17-,21?,38?/m0/s1. The minimum Gasteiger partial charge on any atom is -0.462 e. The van der Waals surface area contributed by atoms with E-state index < -0.39 is 37.5 Å². The van der Waals surface area contributed by atoms with Crippen LogP contribution in [-0.2, 0) is 23.4 Å². The van der Waals surface area contributed by atoms with Crippen LogP contribution >= 0.6 is 19.3 Å². The first-order valence-electron chi connectivity index (χ1n) is 12.0. The number of anilines is 2. The van der Waals surface area contributed by atoms with Gasteiger partial charge in [-0.15, -0.1) is 11.6 Å². The molecule has 15 heteroatoms. The van der Waals surface area contributed by atoms with Crippen molar-refractivity contribution in [2.24, 2.45) is 0 Å². The Bertz CT molecular complexity index is 1310. The van der Waals surface area contributed by atoms with Gasteiger partial charge in [0, 0.05) is 7.05 Å². The molecule has 4 rings (SSSR count). The summed E-state index contributed by atoms with van der Waals surface area (Å²) in [6.45, 7) is 4.83. The number of fused-ring (bicyclic) bond motifs is 1. The van der Waals surface area contributed by atoms with E-state index in [2.05, 4.69) is 25.4 Å². The van der Waals surface area contributed by atoms with Crippen molar-refractivity contribution in [3.8, 4) is 5.75 Å². The predicted molar refractivity (Wildman–Crippen MR) is 142 cm³/mol. The molecule has 0 bridgehead atoms. The quantitative estimate of drug-likeness (QED) is 0.176. The molecule has 1 aliphatic heterocycles. The monoisotopic (exact) mass is 567 g/mol. The lowest BCUT2D eigenvalue weighted by Crippen LogP contribution is -2.36. The molecule has 13 nitrogen and oxygen atoms in total. The molecule has 0 amide bonds. The molecule has 5 atom stereocenters. The Morgan fingerprint density at radius 1 is 1.29 bits per heavy atom. The fraction of sp³-hybridized carbons (Fsp3) is 0.478. The van der Waals surface area contributed by atoms with Gasteiger partial charge in [0.25, 0.3) is 0 Å². The van der Waals surface area contributed by atoms with Gasteiger partial charge in [0.15, 0.2) is 23.2 Å². The highest BCUT2D eigenvalue weighted by molar-refractivity contribution is 7.52. The molecule has 1 aromatic carbocycles. The zero-order valence-electron chi connectivity index (χ0n) is 21.4. The highest BCUT2D eigenvalue weighted by atomic mass is 35.5. The number of benzene rings is 1. The van der Waals surface area contributed by atoms with E-state index >= 15 is 0 Å². The normalized spacial score (nSPS) is 21.8. The first-order chi connectivity index (χ1) is 18.1. The summed E-state index contributed by atoms with van der Waals surface area (Å²) in [6, 6.07) is 7.54. The SMILES string of the molecule is CNc1nc(N)nc2c1ncn2C1O[C@H](COP(=O)(NC(C)C(=O)OC(C)C)Oc2ccccc2)C[C@@H]1Cl. The number of halogens is 1. The smallest absolute Gasteiger partial charge is 0.459 e. The van der Waals surface area contributed by atoms with Crippen molar-refractivity contribution in [3.63, 3.8) is 0 Å². The van der Waals surface area contributed by atoms with Gasteiger partial charge >= 0.3 is 13.7 Å². The summed E-state index contributed by atoms with van der Waals surface area (Å²) in [5.41, 5.74) is 6.82. The summed E-state index contributed by atoms with van der Waals surface area (Å²) in [4.78, 5) is 25.1. The molecule has 0 spiro atoms. The van der Waals surface area contributed by atoms with Crippen LogP contribution in [0, 0.1) is 0 Å². The molecular weight excluding hydrogens is 537 g/mol. The molecule has 0 aliphatic carbocycles. The Kier molecular flexibility index (Phi) is 8.74. The van der Waals surface area contributed by atoms with E-state index in [0.717, 1.165) is 0 Å². The van der Waals surface area contributed by atoms with Crippen LogP contribution in [-0.4, -0.2) is 62.8 Å². The van der Waals surface area contributed by atoms with Crippen LogP contribution in [0.1, 0.15) is 33.4 Å². The van der Waals surface area contributed by atoms with Gasteiger partial charge in [0.1, 0.15) is 11.8 Å². The maximum Gasteiger partial charge on any atom is 0.459 e. The van der Waals surface area contributed by atoms with Crippen molar-refractivity contribution in [1.82, 2.24) is 24.6 Å². The number of nitrogens with two attached hydrogens (primary N) is 1. The minimum atomic E-state index is -4.04. The van der Waals surface area contributed by atoms with Gasteiger partial charge in [0.05, 0.1) is 30.5 Å². The van der Waals surface area contributed by atoms with Gasteiger partial charge in [-0.1, -0.05) is 18.2 Å². The number of carbonyl (C=O) groups excluding carboxylic acids is 1. The number of para-hydroxylation sites is 1. The Hall–Kier alpha value is -2.96. The molecule has 0 saturated carbocycles. The van der Waals surface area contributed by atoms with E-state index in [4.69, 9.17) is 35.9 Å². The maximum atomic E-state index is 13.7. The molecule has 1 saturated heterocycles. The molecule has 206 valence electrons. The summed E-state index contributed by atoms with van der Waals surface area (Å²) in [6.07, 6.45) is 0.403. The van der Waals surface area contributed by atoms with Crippen molar-refractivity contribution in [2.75, 3.05) is 24.7 Å². The third-order valence-electron chi connectivity index (χ3n) is 5.54. The number of alkyl halides is 1. The van der Waals surface area contributed by atoms with Gasteiger partial charge in [-0.3, -0.25) is 13.9 Å². The summed E-state index contributed by atoms with van der Waals surface area (Å²) >= 11 is 6.64. The predicted octanol–water partition coefficient (Wildman–Crippen LogP) is 3.48. The number of aromatic nitrogens is 4. The topological polar surface area (TPSA) is 165 Å². The Balaban J connectivity index is 1.48. The number of ether oxygens (including phenoxy) is 2. The lowest BCUT2D eigenvalue weighted by atomic mass is 10.2. The first kappa shape index (κ1) is 28.1. The second kappa shape index (κ2) is 11.8. The van der Waals surface area contributed by atoms with E-state index in [1.54, 1.807) is 62.1 Å². The highest BCUT2D eigenvalue weighted by Crippen LogP contribution is 2.46. The summed E-state index contributed by atoms with van der Waals surface area (Å²) in [7, 11) is -2.34. The number of nitrogen functional groups attached to an aromatic ring is 1. The van der Waals surface area contributed by atoms with Crippen molar-refractivity contribution < 1.29 is 27.9 Å². The number of hydrogen-bond acceptors (Lipinski definition) is 11. The van der Waals surface area contributed by atoms with E-state index in [1.807, 2.05) is 0 Å². The lowest BCUT2D eigenvalue weighted by Gasteiger charge is -2.24. The Morgan fingerprint density at radius 3 is 2.71 bits per heavy atom. The fourth-order valence-corrected chi connectivity index (χ4v) is 5.76. The largest absolute Gasteiger partial charge is 0.462 e. The second-order valence-corrected chi connectivity index (χ2v) is 11.2. The van der Waals surface area contributed by atoms with Crippen molar-refractivity contribution in [1.29, 1.82) is 0 Å². The molecule has 0 radical (unpaired) electrons. The minimum absolute atomic E-state index is 0.0720. The van der Waals surface area contributed by atoms with Crippen LogP contribution < -0.4 is 20.7 Å². The van der Waals surface area contributed by atoms with Crippen LogP contribution in [0.5, 0.6) is 5.75 Å². The average Bonchev–Trinajstić information content (AvgIpc) is 3.45. The number of esters is 1. The van der Waals surface area contributed by atoms with Gasteiger partial charge in [-0.2, -0.15) is 15.1 Å². The lowest BCUT2D eigenvalue weighted by molar-refractivity contribution is -0.149. The molecule has 3 heterocycles. The average molecular weight is 568 g/mol. The summed E-state index contributed by atoms with van der Waals surface area (Å²) in [5.74, 6) is 0.261. The van der Waals surface area contributed by atoms with Crippen LogP contribution in [0.2, 0.25) is 0 Å². The van der Waals surface area contributed by atoms with Gasteiger partial charge in [0.2, 0.25) is 5.95 Å². The van der Waals surface area contributed by atoms with Crippen molar-refractivity contribution in [3.05, 3.63) is 36.7 Å². The number of hydrogen-bond donors (Lipinski definition) is 3. The van der Waals surface area contributed by atoms with E-state index in [-0.39, 0.29) is 18.7 Å². The Labute approximate surface area is 224 Å². The first-order valence-corrected chi connectivity index (χ1v) is 14.0. The van der Waals surface area contributed by atoms with Crippen LogP contribution in [0.15, 0.2) is 36.7 Å². The zero-order valence-corrected chi connectivity index (χ0v) is 23.1. The molecule has 4 N–H and O–H groups in total. The fourth-order valence-electron chi connectivity index (χ4n) is 3.86. The number of imidazole rings is 1. The van der Waals surface area contributed by atoms with Crippen molar-refractivity contribution in [2.45, 2.75) is 57.0 Å². The Morgan fingerprint density at radius 2 is 2.03 bits per heavy atom. The second-order valence-electron chi connectivity index (χ2n) is 8.94. The summed E-state index contributed by atoms with van der Waals surface area (Å²) < 4.78 is 38.2. The van der Waals surface area contributed by atoms with E-state index in [1.165, 1.54) is 6.92 Å². The molecule has 1 aliphatic rings. The van der Waals surface area contributed by atoms with Crippen molar-refractivity contribution >= 4 is 48.2 Å². The van der Waals surface area contributed by atoms with Gasteiger partial charge < -0.3 is 25.0 Å². The van der Waals surface area contributed by atoms with Crippen LogP contribution in [0.3, 0.4) is 0 Å². The van der Waals surface area contributed by atoms with Crippen LogP contribution in [0.25, 0.3) is 11.2 Å². The van der Waals surface area contributed by atoms with E-state index in [9.17, 15) is 9.36 Å². The molecule has 3 aromatic rings. The van der Waals surface area contributed by atoms with Gasteiger partial charge in [-0.05, 0) is 39.3 Å². The third-order valence-corrected chi connectivity index (χ3v) is 7.57. The highest BCUT2D eigenvalue weighted by Gasteiger charge is 2.39. The number of carbonyl (C=O) groups is 1.